The molecule has 202 valence electrons. The molecular weight excluding hydrogens is 609 g/mol. The molecule has 0 saturated heterocycles. The van der Waals surface area contributed by atoms with E-state index in [1.807, 2.05) is 0 Å². The summed E-state index contributed by atoms with van der Waals surface area (Å²) in [7, 11) is 0. The van der Waals surface area contributed by atoms with E-state index in [0.29, 0.717) is 6.07 Å². The van der Waals surface area contributed by atoms with E-state index >= 15 is 0 Å². The number of aliphatic carboxylic acids is 1. The highest BCUT2D eigenvalue weighted by Crippen LogP contribution is 2.55. The standard InChI is InChI=1S/C19H8BrF11N2O4/c20-9-5-6(16(22,18(26,27)28)19(29,30)31)4-8(17(23,24)25)12(9)33-13(34)7-2-1-3-10(11(7)21)32-14(35)15(36)37/h1-5H,(H,32,35)(H,33,34)(H,36,37). The molecule has 0 heterocycles. The van der Waals surface area contributed by atoms with Crippen molar-refractivity contribution in [1.82, 2.24) is 0 Å². The van der Waals surface area contributed by atoms with Gasteiger partial charge in [-0.25, -0.2) is 13.6 Å². The lowest BCUT2D eigenvalue weighted by atomic mass is 9.92. The molecule has 6 nitrogen and oxygen atoms in total. The first-order valence-corrected chi connectivity index (χ1v) is 9.80. The topological polar surface area (TPSA) is 95.5 Å². The first-order chi connectivity index (χ1) is 16.6. The van der Waals surface area contributed by atoms with Gasteiger partial charge in [0.1, 0.15) is 0 Å². The third kappa shape index (κ3) is 5.78. The number of halogens is 12. The number of hydrogen-bond acceptors (Lipinski definition) is 3. The second kappa shape index (κ2) is 9.79. The van der Waals surface area contributed by atoms with E-state index in [-0.39, 0.29) is 6.07 Å². The van der Waals surface area contributed by atoms with Gasteiger partial charge in [-0.2, -0.15) is 39.5 Å². The zero-order chi connectivity index (χ0) is 28.7. The van der Waals surface area contributed by atoms with Crippen LogP contribution in [0.1, 0.15) is 21.5 Å². The average Bonchev–Trinajstić information content (AvgIpc) is 2.73. The molecule has 0 aliphatic carbocycles. The molecule has 0 unspecified atom stereocenters. The molecule has 0 fully saturated rings. The maximum absolute atomic E-state index is 14.6. The Hall–Kier alpha value is -3.44. The van der Waals surface area contributed by atoms with Gasteiger partial charge in [-0.15, -0.1) is 0 Å². The van der Waals surface area contributed by atoms with Crippen molar-refractivity contribution >= 4 is 45.1 Å². The van der Waals surface area contributed by atoms with E-state index < -0.39 is 86.4 Å². The Morgan fingerprint density at radius 1 is 0.838 bits per heavy atom. The molecule has 0 atom stereocenters. The number of alkyl halides is 10. The summed E-state index contributed by atoms with van der Waals surface area (Å²) in [6.07, 6.45) is -19.3. The van der Waals surface area contributed by atoms with Crippen molar-refractivity contribution in [2.45, 2.75) is 24.2 Å². The van der Waals surface area contributed by atoms with E-state index in [2.05, 4.69) is 15.9 Å². The minimum Gasteiger partial charge on any atom is -0.474 e. The number of carboxylic acids is 1. The van der Waals surface area contributed by atoms with Gasteiger partial charge in [-0.05, 0) is 40.2 Å². The highest BCUT2D eigenvalue weighted by molar-refractivity contribution is 9.10. The van der Waals surface area contributed by atoms with Crippen molar-refractivity contribution in [1.29, 1.82) is 0 Å². The molecule has 0 saturated carbocycles. The molecule has 2 aromatic carbocycles. The van der Waals surface area contributed by atoms with Crippen LogP contribution in [0.3, 0.4) is 0 Å². The van der Waals surface area contributed by atoms with Crippen LogP contribution in [0.15, 0.2) is 34.8 Å². The zero-order valence-electron chi connectivity index (χ0n) is 17.1. The van der Waals surface area contributed by atoms with Crippen molar-refractivity contribution < 1.29 is 67.8 Å². The molecule has 0 radical (unpaired) electrons. The maximum Gasteiger partial charge on any atom is 0.435 e. The number of rotatable bonds is 4. The fraction of sp³-hybridized carbons (Fsp3) is 0.211. The number of hydrogen-bond donors (Lipinski definition) is 3. The maximum atomic E-state index is 14.6. The van der Waals surface area contributed by atoms with Crippen LogP contribution in [0.5, 0.6) is 0 Å². The van der Waals surface area contributed by atoms with Gasteiger partial charge in [0.2, 0.25) is 0 Å². The summed E-state index contributed by atoms with van der Waals surface area (Å²) in [5.74, 6) is -7.26. The molecule has 18 heteroatoms. The molecule has 0 aliphatic heterocycles. The van der Waals surface area contributed by atoms with E-state index in [4.69, 9.17) is 5.11 Å². The second-order valence-corrected chi connectivity index (χ2v) is 7.77. The Balaban J connectivity index is 2.65. The number of anilines is 2. The van der Waals surface area contributed by atoms with Crippen LogP contribution in [0.25, 0.3) is 0 Å². The van der Waals surface area contributed by atoms with Crippen LogP contribution in [0.4, 0.5) is 59.7 Å². The number of nitrogens with one attached hydrogen (secondary N) is 2. The summed E-state index contributed by atoms with van der Waals surface area (Å²) < 4.78 is 147. The van der Waals surface area contributed by atoms with E-state index in [1.165, 1.54) is 10.6 Å². The first-order valence-electron chi connectivity index (χ1n) is 9.00. The number of amides is 2. The Bertz CT molecular complexity index is 1240. The van der Waals surface area contributed by atoms with Gasteiger partial charge in [0, 0.05) is 10.0 Å². The van der Waals surface area contributed by atoms with Crippen molar-refractivity contribution in [2.75, 3.05) is 10.6 Å². The summed E-state index contributed by atoms with van der Waals surface area (Å²) >= 11 is 2.27. The SMILES string of the molecule is O=C(O)C(=O)Nc1cccc(C(=O)Nc2c(Br)cc(C(F)(C(F)(F)F)C(F)(F)F)cc2C(F)(F)F)c1F. The predicted molar refractivity (Wildman–Crippen MR) is 105 cm³/mol. The molecule has 3 N–H and O–H groups in total. The van der Waals surface area contributed by atoms with Crippen molar-refractivity contribution in [3.05, 3.63) is 57.3 Å². The van der Waals surface area contributed by atoms with E-state index in [9.17, 15) is 62.7 Å². The Labute approximate surface area is 205 Å². The lowest BCUT2D eigenvalue weighted by Gasteiger charge is -2.31. The second-order valence-electron chi connectivity index (χ2n) is 6.91. The number of benzene rings is 2. The monoisotopic (exact) mass is 616 g/mol. The smallest absolute Gasteiger partial charge is 0.435 e. The lowest BCUT2D eigenvalue weighted by molar-refractivity contribution is -0.348. The highest BCUT2D eigenvalue weighted by Gasteiger charge is 2.73. The van der Waals surface area contributed by atoms with Gasteiger partial charge >= 0.3 is 36.1 Å². The molecule has 2 amide bonds. The van der Waals surface area contributed by atoms with Crippen LogP contribution < -0.4 is 10.6 Å². The van der Waals surface area contributed by atoms with Crippen LogP contribution in [0.2, 0.25) is 0 Å². The molecule has 2 aromatic rings. The quantitative estimate of drug-likeness (QED) is 0.283. The van der Waals surface area contributed by atoms with Gasteiger partial charge in [-0.1, -0.05) is 6.07 Å². The van der Waals surface area contributed by atoms with Crippen LogP contribution in [-0.4, -0.2) is 35.2 Å². The van der Waals surface area contributed by atoms with E-state index in [0.717, 1.165) is 12.1 Å². The molecule has 37 heavy (non-hydrogen) atoms. The molecular formula is C19H8BrF11N2O4. The van der Waals surface area contributed by atoms with Gasteiger partial charge in [0.05, 0.1) is 22.5 Å². The normalized spacial score (nSPS) is 12.8. The summed E-state index contributed by atoms with van der Waals surface area (Å²) in [6, 6.07) is 1.12. The zero-order valence-corrected chi connectivity index (χ0v) is 18.7. The first kappa shape index (κ1) is 29.8. The Kier molecular flexibility index (Phi) is 7.88. The number of carbonyl (C=O) groups is 3. The summed E-state index contributed by atoms with van der Waals surface area (Å²) in [5, 5.41) is 11.5. The van der Waals surface area contributed by atoms with Gasteiger partial charge in [0.25, 0.3) is 5.91 Å². The molecule has 0 bridgehead atoms. The molecule has 2 rings (SSSR count). The third-order valence-corrected chi connectivity index (χ3v) is 5.12. The average molecular weight is 617 g/mol. The van der Waals surface area contributed by atoms with Crippen molar-refractivity contribution in [2.24, 2.45) is 0 Å². The van der Waals surface area contributed by atoms with Crippen LogP contribution >= 0.6 is 15.9 Å². The summed E-state index contributed by atoms with van der Waals surface area (Å²) in [4.78, 5) is 34.2. The van der Waals surface area contributed by atoms with Crippen LogP contribution in [0, 0.1) is 5.82 Å². The predicted octanol–water partition coefficient (Wildman–Crippen LogP) is 6.17. The van der Waals surface area contributed by atoms with Gasteiger partial charge < -0.3 is 15.7 Å². The largest absolute Gasteiger partial charge is 0.474 e. The molecule has 0 aromatic heterocycles. The number of carbonyl (C=O) groups excluding carboxylic acids is 2. The Morgan fingerprint density at radius 2 is 1.38 bits per heavy atom. The summed E-state index contributed by atoms with van der Waals surface area (Å²) in [5.41, 5.74) is -14.7. The lowest BCUT2D eigenvalue weighted by Crippen LogP contribution is -2.50. The Morgan fingerprint density at radius 3 is 1.84 bits per heavy atom. The minimum atomic E-state index is -6.75. The molecule has 0 spiro atoms. The molecule has 0 aliphatic rings. The fourth-order valence-electron chi connectivity index (χ4n) is 2.80. The highest BCUT2D eigenvalue weighted by atomic mass is 79.9. The van der Waals surface area contributed by atoms with Crippen LogP contribution in [-0.2, 0) is 21.4 Å². The summed E-state index contributed by atoms with van der Waals surface area (Å²) in [6.45, 7) is 0. The van der Waals surface area contributed by atoms with E-state index in [1.54, 1.807) is 0 Å². The fourth-order valence-corrected chi connectivity index (χ4v) is 3.36. The van der Waals surface area contributed by atoms with Gasteiger partial charge in [-0.3, -0.25) is 9.59 Å². The van der Waals surface area contributed by atoms with Crippen molar-refractivity contribution in [3.8, 4) is 0 Å². The third-order valence-electron chi connectivity index (χ3n) is 4.50. The minimum absolute atomic E-state index is 0.300. The van der Waals surface area contributed by atoms with Gasteiger partial charge in [0.15, 0.2) is 5.82 Å². The number of carboxylic acid groups (broad SMARTS) is 1. The van der Waals surface area contributed by atoms with Crippen molar-refractivity contribution in [3.63, 3.8) is 0 Å².